The van der Waals surface area contributed by atoms with Gasteiger partial charge in [0.05, 0.1) is 10.2 Å². The molecule has 1 rings (SSSR count). The van der Waals surface area contributed by atoms with Crippen molar-refractivity contribution in [2.24, 2.45) is 0 Å². The number of aromatic nitrogens is 2. The summed E-state index contributed by atoms with van der Waals surface area (Å²) in [5, 5.41) is 3.27. The van der Waals surface area contributed by atoms with Gasteiger partial charge in [-0.25, -0.2) is 4.98 Å². The van der Waals surface area contributed by atoms with Crippen molar-refractivity contribution >= 4 is 27.7 Å². The molecule has 5 heteroatoms. The first-order valence-electron chi connectivity index (χ1n) is 5.01. The number of nitrogens with zero attached hydrogens (tertiary/aromatic N) is 3. The molecular weight excluding hydrogens is 256 g/mol. The van der Waals surface area contributed by atoms with E-state index in [4.69, 9.17) is 0 Å². The van der Waals surface area contributed by atoms with Crippen LogP contribution in [0, 0.1) is 6.92 Å². The lowest BCUT2D eigenvalue weighted by atomic mass is 10.4. The number of hydrogen-bond donors (Lipinski definition) is 1. The molecule has 0 aliphatic heterocycles. The maximum Gasteiger partial charge on any atom is 0.227 e. The third kappa shape index (κ3) is 3.06. The van der Waals surface area contributed by atoms with E-state index in [-0.39, 0.29) is 0 Å². The molecule has 0 aliphatic rings. The van der Waals surface area contributed by atoms with Gasteiger partial charge in [-0.3, -0.25) is 0 Å². The Morgan fingerprint density at radius 2 is 2.00 bits per heavy atom. The van der Waals surface area contributed by atoms with Gasteiger partial charge in [0, 0.05) is 20.6 Å². The van der Waals surface area contributed by atoms with Gasteiger partial charge in [-0.05, 0) is 29.3 Å². The summed E-state index contributed by atoms with van der Waals surface area (Å²) in [6.07, 6.45) is 1.08. The van der Waals surface area contributed by atoms with Crippen LogP contribution in [0.5, 0.6) is 0 Å². The highest BCUT2D eigenvalue weighted by molar-refractivity contribution is 9.10. The molecule has 1 N–H and O–H groups in total. The molecule has 0 spiro atoms. The van der Waals surface area contributed by atoms with Crippen molar-refractivity contribution in [2.75, 3.05) is 30.9 Å². The van der Waals surface area contributed by atoms with Crippen LogP contribution in [0.2, 0.25) is 0 Å². The minimum atomic E-state index is 0.731. The summed E-state index contributed by atoms with van der Waals surface area (Å²) in [6.45, 7) is 5.01. The van der Waals surface area contributed by atoms with E-state index in [2.05, 4.69) is 38.1 Å². The molecule has 0 fully saturated rings. The quantitative estimate of drug-likeness (QED) is 0.914. The molecular formula is C10H17BrN4. The van der Waals surface area contributed by atoms with Crippen LogP contribution in [0.3, 0.4) is 0 Å². The zero-order valence-corrected chi connectivity index (χ0v) is 11.2. The Bertz CT molecular complexity index is 338. The summed E-state index contributed by atoms with van der Waals surface area (Å²) >= 11 is 3.49. The average molecular weight is 273 g/mol. The molecule has 1 aromatic heterocycles. The van der Waals surface area contributed by atoms with Gasteiger partial charge >= 0.3 is 0 Å². The Morgan fingerprint density at radius 1 is 1.33 bits per heavy atom. The Kier molecular flexibility index (Phi) is 4.32. The number of nitrogens with one attached hydrogen (secondary N) is 1. The van der Waals surface area contributed by atoms with Gasteiger partial charge in [-0.15, -0.1) is 0 Å². The van der Waals surface area contributed by atoms with Gasteiger partial charge in [0.1, 0.15) is 5.82 Å². The fraction of sp³-hybridized carbons (Fsp3) is 0.600. The topological polar surface area (TPSA) is 41.1 Å². The lowest BCUT2D eigenvalue weighted by molar-refractivity contribution is 0.935. The molecule has 4 nitrogen and oxygen atoms in total. The maximum absolute atomic E-state index is 4.43. The normalized spacial score (nSPS) is 10.2. The Morgan fingerprint density at radius 3 is 2.53 bits per heavy atom. The molecule has 0 atom stereocenters. The van der Waals surface area contributed by atoms with Crippen molar-refractivity contribution in [3.8, 4) is 0 Å². The van der Waals surface area contributed by atoms with Crippen molar-refractivity contribution in [3.63, 3.8) is 0 Å². The van der Waals surface area contributed by atoms with Gasteiger partial charge in [0.25, 0.3) is 0 Å². The van der Waals surface area contributed by atoms with Crippen molar-refractivity contribution in [1.82, 2.24) is 9.97 Å². The lowest BCUT2D eigenvalue weighted by Gasteiger charge is -2.14. The number of halogens is 1. The third-order valence-corrected chi connectivity index (χ3v) is 2.90. The molecule has 0 saturated heterocycles. The largest absolute Gasteiger partial charge is 0.369 e. The minimum absolute atomic E-state index is 0.731. The van der Waals surface area contributed by atoms with Crippen LogP contribution in [-0.4, -0.2) is 30.6 Å². The smallest absolute Gasteiger partial charge is 0.227 e. The first kappa shape index (κ1) is 12.2. The SMILES string of the molecule is CCCNc1nc(N(C)C)nc(C)c1Br. The fourth-order valence-electron chi connectivity index (χ4n) is 1.11. The number of anilines is 2. The maximum atomic E-state index is 4.43. The summed E-state index contributed by atoms with van der Waals surface area (Å²) in [6, 6.07) is 0. The summed E-state index contributed by atoms with van der Waals surface area (Å²) in [7, 11) is 3.87. The van der Waals surface area contributed by atoms with Crippen LogP contribution < -0.4 is 10.2 Å². The van der Waals surface area contributed by atoms with Crippen LogP contribution in [0.25, 0.3) is 0 Å². The molecule has 0 radical (unpaired) electrons. The summed E-state index contributed by atoms with van der Waals surface area (Å²) in [5.74, 6) is 1.60. The molecule has 1 aromatic rings. The van der Waals surface area contributed by atoms with E-state index in [0.29, 0.717) is 0 Å². The van der Waals surface area contributed by atoms with E-state index in [1.54, 1.807) is 0 Å². The predicted molar refractivity (Wildman–Crippen MR) is 67.6 cm³/mol. The summed E-state index contributed by atoms with van der Waals surface area (Å²) in [5.41, 5.74) is 0.951. The second kappa shape index (κ2) is 5.30. The number of hydrogen-bond acceptors (Lipinski definition) is 4. The van der Waals surface area contributed by atoms with E-state index in [1.165, 1.54) is 0 Å². The molecule has 0 saturated carbocycles. The minimum Gasteiger partial charge on any atom is -0.369 e. The van der Waals surface area contributed by atoms with Gasteiger partial charge < -0.3 is 10.2 Å². The molecule has 0 amide bonds. The summed E-state index contributed by atoms with van der Waals surface area (Å²) in [4.78, 5) is 10.7. The van der Waals surface area contributed by atoms with E-state index in [0.717, 1.165) is 34.9 Å². The first-order valence-corrected chi connectivity index (χ1v) is 5.81. The van der Waals surface area contributed by atoms with Gasteiger partial charge in [-0.2, -0.15) is 4.98 Å². The highest BCUT2D eigenvalue weighted by Gasteiger charge is 2.09. The second-order valence-corrected chi connectivity index (χ2v) is 4.39. The highest BCUT2D eigenvalue weighted by atomic mass is 79.9. The molecule has 84 valence electrons. The van der Waals surface area contributed by atoms with Crippen LogP contribution in [-0.2, 0) is 0 Å². The number of rotatable bonds is 4. The molecule has 1 heterocycles. The zero-order chi connectivity index (χ0) is 11.4. The third-order valence-electron chi connectivity index (χ3n) is 1.95. The molecule has 0 bridgehead atoms. The van der Waals surface area contributed by atoms with Gasteiger partial charge in [0.15, 0.2) is 0 Å². The average Bonchev–Trinajstić information content (AvgIpc) is 2.19. The van der Waals surface area contributed by atoms with Crippen LogP contribution in [0.15, 0.2) is 4.47 Å². The van der Waals surface area contributed by atoms with Gasteiger partial charge in [-0.1, -0.05) is 6.92 Å². The Balaban J connectivity index is 3.02. The fourth-order valence-corrected chi connectivity index (χ4v) is 1.42. The molecule has 0 aromatic carbocycles. The molecule has 15 heavy (non-hydrogen) atoms. The summed E-state index contributed by atoms with van der Waals surface area (Å²) < 4.78 is 0.946. The zero-order valence-electron chi connectivity index (χ0n) is 9.63. The monoisotopic (exact) mass is 272 g/mol. The van der Waals surface area contributed by atoms with Crippen LogP contribution in [0.1, 0.15) is 19.0 Å². The van der Waals surface area contributed by atoms with Crippen molar-refractivity contribution < 1.29 is 0 Å². The lowest BCUT2D eigenvalue weighted by Crippen LogP contribution is -2.15. The first-order chi connectivity index (χ1) is 7.06. The van der Waals surface area contributed by atoms with E-state index in [1.807, 2.05) is 25.9 Å². The number of aryl methyl sites for hydroxylation is 1. The Labute approximate surface area is 99.2 Å². The van der Waals surface area contributed by atoms with Crippen LogP contribution in [0.4, 0.5) is 11.8 Å². The van der Waals surface area contributed by atoms with E-state index >= 15 is 0 Å². The van der Waals surface area contributed by atoms with Crippen molar-refractivity contribution in [1.29, 1.82) is 0 Å². The van der Waals surface area contributed by atoms with E-state index in [9.17, 15) is 0 Å². The second-order valence-electron chi connectivity index (χ2n) is 3.59. The van der Waals surface area contributed by atoms with Crippen LogP contribution >= 0.6 is 15.9 Å². The highest BCUT2D eigenvalue weighted by Crippen LogP contribution is 2.24. The standard InChI is InChI=1S/C10H17BrN4/c1-5-6-12-9-8(11)7(2)13-10(14-9)15(3)4/h5-6H2,1-4H3,(H,12,13,14). The Hall–Kier alpha value is -0.840. The van der Waals surface area contributed by atoms with E-state index < -0.39 is 0 Å². The molecule has 0 unspecified atom stereocenters. The van der Waals surface area contributed by atoms with Crippen molar-refractivity contribution in [3.05, 3.63) is 10.2 Å². The van der Waals surface area contributed by atoms with Crippen molar-refractivity contribution in [2.45, 2.75) is 20.3 Å². The molecule has 0 aliphatic carbocycles. The predicted octanol–water partition coefficient (Wildman–Crippen LogP) is 2.44. The van der Waals surface area contributed by atoms with Gasteiger partial charge in [0.2, 0.25) is 5.95 Å².